The highest BCUT2D eigenvalue weighted by molar-refractivity contribution is 5.09. The Bertz CT molecular complexity index is 189. The van der Waals surface area contributed by atoms with E-state index in [0.717, 1.165) is 13.2 Å². The molecule has 0 fully saturated rings. The first kappa shape index (κ1) is 12.6. The van der Waals surface area contributed by atoms with Gasteiger partial charge < -0.3 is 10.1 Å². The van der Waals surface area contributed by atoms with Gasteiger partial charge in [0, 0.05) is 6.04 Å². The molecule has 2 heteroatoms. The highest BCUT2D eigenvalue weighted by Gasteiger charge is 2.15. The third kappa shape index (κ3) is 4.70. The Balaban J connectivity index is 2.37. The molecule has 88 valence electrons. The Morgan fingerprint density at radius 1 is 1.40 bits per heavy atom. The van der Waals surface area contributed by atoms with Crippen LogP contribution in [0, 0.1) is 0 Å². The van der Waals surface area contributed by atoms with Gasteiger partial charge in [0.1, 0.15) is 0 Å². The maximum absolute atomic E-state index is 5.41. The van der Waals surface area contributed by atoms with E-state index in [0.29, 0.717) is 6.04 Å². The third-order valence-electron chi connectivity index (χ3n) is 2.96. The molecule has 0 saturated heterocycles. The largest absolute Gasteiger partial charge is 0.501 e. The summed E-state index contributed by atoms with van der Waals surface area (Å²) in [7, 11) is 0. The molecule has 0 saturated carbocycles. The summed E-state index contributed by atoms with van der Waals surface area (Å²) in [5, 5.41) is 3.56. The van der Waals surface area contributed by atoms with Gasteiger partial charge in [-0.15, -0.1) is 0 Å². The van der Waals surface area contributed by atoms with Gasteiger partial charge in [0.25, 0.3) is 0 Å². The minimum Gasteiger partial charge on any atom is -0.501 e. The van der Waals surface area contributed by atoms with Crippen LogP contribution < -0.4 is 5.32 Å². The second-order valence-corrected chi connectivity index (χ2v) is 4.27. The maximum Gasteiger partial charge on any atom is 0.0876 e. The van der Waals surface area contributed by atoms with Crippen LogP contribution in [-0.2, 0) is 4.74 Å². The van der Waals surface area contributed by atoms with E-state index in [1.807, 2.05) is 6.26 Å². The van der Waals surface area contributed by atoms with Crippen LogP contribution in [0.25, 0.3) is 0 Å². The lowest BCUT2D eigenvalue weighted by molar-refractivity contribution is 0.218. The minimum atomic E-state index is 0.557. The van der Waals surface area contributed by atoms with Crippen molar-refractivity contribution in [3.63, 3.8) is 0 Å². The van der Waals surface area contributed by atoms with Gasteiger partial charge in [-0.05, 0) is 31.4 Å². The number of rotatable bonds is 7. The molecule has 0 amide bonds. The molecule has 1 aliphatic rings. The molecule has 0 aromatic rings. The summed E-state index contributed by atoms with van der Waals surface area (Å²) >= 11 is 0. The van der Waals surface area contributed by atoms with Crippen molar-refractivity contribution in [2.45, 2.75) is 58.4 Å². The Morgan fingerprint density at radius 2 is 2.27 bits per heavy atom. The summed E-state index contributed by atoms with van der Waals surface area (Å²) in [6, 6.07) is 0.557. The predicted octanol–water partition coefficient (Wildman–Crippen LogP) is 3.24. The summed E-state index contributed by atoms with van der Waals surface area (Å²) in [5.41, 5.74) is 1.47. The number of hydrogen-bond acceptors (Lipinski definition) is 2. The molecule has 0 radical (unpaired) electrons. The average molecular weight is 211 g/mol. The molecule has 0 aromatic heterocycles. The van der Waals surface area contributed by atoms with Crippen LogP contribution in [0.2, 0.25) is 0 Å². The van der Waals surface area contributed by atoms with Crippen molar-refractivity contribution < 1.29 is 4.74 Å². The Kier molecular flexibility index (Phi) is 6.49. The van der Waals surface area contributed by atoms with E-state index in [2.05, 4.69) is 19.2 Å². The molecule has 1 unspecified atom stereocenters. The van der Waals surface area contributed by atoms with Crippen molar-refractivity contribution in [2.75, 3.05) is 13.2 Å². The van der Waals surface area contributed by atoms with Gasteiger partial charge in [0.05, 0.1) is 12.9 Å². The molecule has 0 spiro atoms. The van der Waals surface area contributed by atoms with Crippen molar-refractivity contribution in [3.05, 3.63) is 11.8 Å². The van der Waals surface area contributed by atoms with Crippen molar-refractivity contribution in [1.29, 1.82) is 0 Å². The zero-order chi connectivity index (χ0) is 10.9. The van der Waals surface area contributed by atoms with Crippen LogP contribution in [0.1, 0.15) is 52.4 Å². The molecule has 1 N–H and O–H groups in total. The summed E-state index contributed by atoms with van der Waals surface area (Å²) in [5.74, 6) is 0. The molecule has 1 rings (SSSR count). The van der Waals surface area contributed by atoms with Gasteiger partial charge in [0.15, 0.2) is 0 Å². The second kappa shape index (κ2) is 7.75. The van der Waals surface area contributed by atoms with Gasteiger partial charge in [-0.2, -0.15) is 0 Å². The number of nitrogens with one attached hydrogen (secondary N) is 1. The zero-order valence-corrected chi connectivity index (χ0v) is 10.2. The van der Waals surface area contributed by atoms with Gasteiger partial charge in [-0.3, -0.25) is 0 Å². The Hall–Kier alpha value is -0.500. The summed E-state index contributed by atoms with van der Waals surface area (Å²) in [6.07, 6.45) is 9.61. The van der Waals surface area contributed by atoms with E-state index in [4.69, 9.17) is 4.74 Å². The standard InChI is InChI=1S/C13H25NO/c1-3-5-6-9-13(14-4-2)12-8-7-10-15-11-12/h11,13-14H,3-10H2,1-2H3. The fraction of sp³-hybridized carbons (Fsp3) is 0.846. The summed E-state index contributed by atoms with van der Waals surface area (Å²) < 4.78 is 5.41. The summed E-state index contributed by atoms with van der Waals surface area (Å²) in [4.78, 5) is 0. The molecule has 15 heavy (non-hydrogen) atoms. The van der Waals surface area contributed by atoms with Gasteiger partial charge in [-0.1, -0.05) is 33.1 Å². The smallest absolute Gasteiger partial charge is 0.0876 e. The quantitative estimate of drug-likeness (QED) is 0.653. The van der Waals surface area contributed by atoms with Crippen molar-refractivity contribution >= 4 is 0 Å². The van der Waals surface area contributed by atoms with Crippen LogP contribution in [0.5, 0.6) is 0 Å². The number of unbranched alkanes of at least 4 members (excludes halogenated alkanes) is 2. The second-order valence-electron chi connectivity index (χ2n) is 4.27. The first-order chi connectivity index (χ1) is 7.38. The van der Waals surface area contributed by atoms with Crippen LogP contribution in [0.15, 0.2) is 11.8 Å². The van der Waals surface area contributed by atoms with Crippen LogP contribution in [0.4, 0.5) is 0 Å². The van der Waals surface area contributed by atoms with E-state index < -0.39 is 0 Å². The highest BCUT2D eigenvalue weighted by Crippen LogP contribution is 2.19. The number of hydrogen-bond donors (Lipinski definition) is 1. The van der Waals surface area contributed by atoms with Gasteiger partial charge >= 0.3 is 0 Å². The van der Waals surface area contributed by atoms with E-state index in [1.54, 1.807) is 0 Å². The monoisotopic (exact) mass is 211 g/mol. The highest BCUT2D eigenvalue weighted by atomic mass is 16.5. The number of likely N-dealkylation sites (N-methyl/N-ethyl adjacent to an activating group) is 1. The molecule has 1 heterocycles. The fourth-order valence-corrected chi connectivity index (χ4v) is 2.10. The van der Waals surface area contributed by atoms with Crippen LogP contribution in [0.3, 0.4) is 0 Å². The molecule has 1 atom stereocenters. The fourth-order valence-electron chi connectivity index (χ4n) is 2.10. The van der Waals surface area contributed by atoms with Gasteiger partial charge in [0.2, 0.25) is 0 Å². The van der Waals surface area contributed by atoms with Crippen LogP contribution >= 0.6 is 0 Å². The van der Waals surface area contributed by atoms with Crippen molar-refractivity contribution in [1.82, 2.24) is 5.32 Å². The third-order valence-corrected chi connectivity index (χ3v) is 2.96. The predicted molar refractivity (Wildman–Crippen MR) is 64.9 cm³/mol. The maximum atomic E-state index is 5.41. The first-order valence-corrected chi connectivity index (χ1v) is 6.42. The molecule has 0 aliphatic carbocycles. The van der Waals surface area contributed by atoms with E-state index >= 15 is 0 Å². The first-order valence-electron chi connectivity index (χ1n) is 6.42. The van der Waals surface area contributed by atoms with E-state index in [1.165, 1.54) is 44.1 Å². The van der Waals surface area contributed by atoms with E-state index in [-0.39, 0.29) is 0 Å². The lowest BCUT2D eigenvalue weighted by Crippen LogP contribution is -2.31. The molecular formula is C13H25NO. The normalized spacial score (nSPS) is 18.1. The van der Waals surface area contributed by atoms with Crippen molar-refractivity contribution in [3.8, 4) is 0 Å². The lowest BCUT2D eigenvalue weighted by Gasteiger charge is -2.23. The van der Waals surface area contributed by atoms with Crippen LogP contribution in [-0.4, -0.2) is 19.2 Å². The molecule has 1 aliphatic heterocycles. The Labute approximate surface area is 94.1 Å². The molecule has 0 aromatic carbocycles. The van der Waals surface area contributed by atoms with E-state index in [9.17, 15) is 0 Å². The van der Waals surface area contributed by atoms with Gasteiger partial charge in [-0.25, -0.2) is 0 Å². The molecule has 0 bridgehead atoms. The summed E-state index contributed by atoms with van der Waals surface area (Å²) in [6.45, 7) is 6.38. The Morgan fingerprint density at radius 3 is 2.87 bits per heavy atom. The number of ether oxygens (including phenoxy) is 1. The average Bonchev–Trinajstić information content (AvgIpc) is 2.29. The lowest BCUT2D eigenvalue weighted by atomic mass is 9.97. The van der Waals surface area contributed by atoms with Crippen molar-refractivity contribution in [2.24, 2.45) is 0 Å². The zero-order valence-electron chi connectivity index (χ0n) is 10.2. The topological polar surface area (TPSA) is 21.3 Å². The molecular weight excluding hydrogens is 186 g/mol. The SMILES string of the molecule is CCCCCC(NCC)C1=COCCC1. The minimum absolute atomic E-state index is 0.557. The molecule has 2 nitrogen and oxygen atoms in total.